The highest BCUT2D eigenvalue weighted by Crippen LogP contribution is 2.51. The Balaban J connectivity index is 1.35. The van der Waals surface area contributed by atoms with Gasteiger partial charge in [0.25, 0.3) is 0 Å². The van der Waals surface area contributed by atoms with Gasteiger partial charge in [-0.15, -0.1) is 0 Å². The number of rotatable bonds is 5. The lowest BCUT2D eigenvalue weighted by atomic mass is 9.95. The minimum atomic E-state index is -1.20. The molecule has 2 aromatic carbocycles. The van der Waals surface area contributed by atoms with Crippen molar-refractivity contribution in [1.82, 2.24) is 14.9 Å². The monoisotopic (exact) mass is 700 g/mol. The fraction of sp³-hybridized carbons (Fsp3) is 0.438. The number of nitriles is 1. The summed E-state index contributed by atoms with van der Waals surface area (Å²) in [6, 6.07) is 4.11. The van der Waals surface area contributed by atoms with E-state index in [2.05, 4.69) is 9.88 Å². The maximum atomic E-state index is 17.2. The average molecular weight is 701 g/mol. The second-order valence-corrected chi connectivity index (χ2v) is 13.8. The number of fused-ring (bicyclic) bond motifs is 4. The van der Waals surface area contributed by atoms with Gasteiger partial charge in [-0.05, 0) is 31.0 Å². The number of ether oxygens (including phenoxy) is 4. The molecule has 2 N–H and O–H groups in total. The lowest BCUT2D eigenvalue weighted by Crippen LogP contribution is -2.47. The maximum Gasteiger partial charge on any atom is 0.410 e. The summed E-state index contributed by atoms with van der Waals surface area (Å²) < 4.78 is 70.0. The predicted molar refractivity (Wildman–Crippen MR) is 171 cm³/mol. The van der Waals surface area contributed by atoms with E-state index in [4.69, 9.17) is 41.3 Å². The first-order valence-electron chi connectivity index (χ1n) is 15.5. The van der Waals surface area contributed by atoms with Crippen LogP contribution in [0.15, 0.2) is 12.1 Å². The topological polar surface area (TPSA) is 136 Å². The van der Waals surface area contributed by atoms with Crippen molar-refractivity contribution in [2.75, 3.05) is 51.0 Å². The van der Waals surface area contributed by atoms with Crippen LogP contribution in [0.2, 0.25) is 5.02 Å². The summed E-state index contributed by atoms with van der Waals surface area (Å²) >= 11 is 7.69. The molecule has 4 aliphatic rings. The number of nitrogens with two attached hydrogens (primary N) is 1. The normalized spacial score (nSPS) is 23.7. The van der Waals surface area contributed by atoms with E-state index in [1.807, 2.05) is 11.0 Å². The number of nitrogens with zero attached hydrogens (tertiary/aromatic N) is 5. The Kier molecular flexibility index (Phi) is 7.66. The molecule has 0 aliphatic carbocycles. The van der Waals surface area contributed by atoms with Gasteiger partial charge in [0, 0.05) is 36.9 Å². The van der Waals surface area contributed by atoms with Gasteiger partial charge in [-0.1, -0.05) is 29.0 Å². The quantitative estimate of drug-likeness (QED) is 0.276. The number of benzene rings is 2. The van der Waals surface area contributed by atoms with Crippen LogP contribution in [0.3, 0.4) is 0 Å². The molecule has 4 aromatic rings. The molecule has 2 aromatic heterocycles. The van der Waals surface area contributed by atoms with Crippen molar-refractivity contribution in [2.45, 2.75) is 43.4 Å². The SMILES string of the molecule is N#Cc1c(OC(N)=O)sc2c(F)ccc(-c3c(Cl)c4c5c(nc(OC[C@@]67CCCN6C[C@H](F)C7)nc5c3F)N3CCOC[C@@H]3CCO4)c12. The minimum absolute atomic E-state index is 0.0154. The molecule has 4 aliphatic heterocycles. The number of thiophene rings is 1. The van der Waals surface area contributed by atoms with Gasteiger partial charge in [0.15, 0.2) is 11.6 Å². The van der Waals surface area contributed by atoms with Crippen LogP contribution < -0.4 is 24.8 Å². The number of primary amides is 1. The van der Waals surface area contributed by atoms with Crippen LogP contribution >= 0.6 is 22.9 Å². The van der Waals surface area contributed by atoms with Gasteiger partial charge >= 0.3 is 12.1 Å². The molecule has 3 saturated heterocycles. The Bertz CT molecular complexity index is 2040. The zero-order valence-electron chi connectivity index (χ0n) is 25.4. The molecule has 11 nitrogen and oxygen atoms in total. The molecular formula is C32H28ClF3N6O5S. The van der Waals surface area contributed by atoms with Crippen LogP contribution in [0.5, 0.6) is 16.8 Å². The number of carbonyl (C=O) groups is 1. The van der Waals surface area contributed by atoms with E-state index in [0.717, 1.165) is 25.5 Å². The van der Waals surface area contributed by atoms with E-state index < -0.39 is 29.4 Å². The Morgan fingerprint density at radius 3 is 2.92 bits per heavy atom. The van der Waals surface area contributed by atoms with E-state index in [1.165, 1.54) is 6.07 Å². The molecule has 3 atom stereocenters. The van der Waals surface area contributed by atoms with Crippen molar-refractivity contribution in [3.63, 3.8) is 0 Å². The molecule has 0 spiro atoms. The van der Waals surface area contributed by atoms with Gasteiger partial charge in [-0.2, -0.15) is 15.2 Å². The second-order valence-electron chi connectivity index (χ2n) is 12.4. The largest absolute Gasteiger partial charge is 0.491 e. The lowest BCUT2D eigenvalue weighted by molar-refractivity contribution is 0.0850. The summed E-state index contributed by atoms with van der Waals surface area (Å²) in [6.07, 6.45) is 0.381. The highest BCUT2D eigenvalue weighted by Gasteiger charge is 2.49. The highest BCUT2D eigenvalue weighted by molar-refractivity contribution is 7.21. The number of hydrogen-bond donors (Lipinski definition) is 1. The number of halogens is 4. The molecule has 6 heterocycles. The Morgan fingerprint density at radius 2 is 2.10 bits per heavy atom. The highest BCUT2D eigenvalue weighted by atomic mass is 35.5. The van der Waals surface area contributed by atoms with Gasteiger partial charge in [-0.3, -0.25) is 4.90 Å². The van der Waals surface area contributed by atoms with Crippen molar-refractivity contribution in [2.24, 2.45) is 5.73 Å². The summed E-state index contributed by atoms with van der Waals surface area (Å²) in [5.74, 6) is -1.13. The maximum absolute atomic E-state index is 17.2. The fourth-order valence-electron chi connectivity index (χ4n) is 7.62. The molecular weight excluding hydrogens is 673 g/mol. The smallest absolute Gasteiger partial charge is 0.410 e. The zero-order valence-corrected chi connectivity index (χ0v) is 26.9. The summed E-state index contributed by atoms with van der Waals surface area (Å²) in [6.45, 7) is 2.72. The summed E-state index contributed by atoms with van der Waals surface area (Å²) in [7, 11) is 0. The molecule has 0 radical (unpaired) electrons. The van der Waals surface area contributed by atoms with Crippen LogP contribution in [-0.4, -0.2) is 84.8 Å². The van der Waals surface area contributed by atoms with Crippen molar-refractivity contribution >= 4 is 55.8 Å². The first kappa shape index (κ1) is 31.2. The van der Waals surface area contributed by atoms with Crippen molar-refractivity contribution in [3.05, 3.63) is 34.4 Å². The lowest BCUT2D eigenvalue weighted by Gasteiger charge is -2.38. The number of carbonyl (C=O) groups excluding carboxylic acids is 1. The van der Waals surface area contributed by atoms with Gasteiger partial charge in [0.2, 0.25) is 5.06 Å². The fourth-order valence-corrected chi connectivity index (χ4v) is 8.99. The molecule has 3 fully saturated rings. The van der Waals surface area contributed by atoms with Crippen LogP contribution in [0.25, 0.3) is 32.1 Å². The van der Waals surface area contributed by atoms with Gasteiger partial charge in [0.05, 0.1) is 46.5 Å². The average Bonchev–Trinajstić information content (AvgIpc) is 3.71. The van der Waals surface area contributed by atoms with Crippen LogP contribution in [0.1, 0.15) is 31.2 Å². The molecule has 1 amide bonds. The molecule has 16 heteroatoms. The number of aromatic nitrogens is 2. The van der Waals surface area contributed by atoms with E-state index in [-0.39, 0.29) is 78.8 Å². The standard InChI is InChI=1S/C32H28ClF3N6O5S/c33-23-21(17-2-3-19(35)27-20(17)18(11-37)29(48-27)47-30(38)43)24(36)25-22-26(23)45-8-4-16-13-44-9-7-42(16)28(22)40-31(39-25)46-14-32-5-1-6-41(32)12-15(34)10-32/h2-3,15-16H,1,4-10,12-14H2,(H2,38,43)/t15-,16+,32+/m1/s1. The zero-order chi connectivity index (χ0) is 33.3. The van der Waals surface area contributed by atoms with Crippen LogP contribution in [0, 0.1) is 23.0 Å². The third-order valence-electron chi connectivity index (χ3n) is 9.70. The Labute approximate surface area is 280 Å². The second kappa shape index (κ2) is 11.8. The van der Waals surface area contributed by atoms with Crippen molar-refractivity contribution in [1.29, 1.82) is 5.26 Å². The third-order valence-corrected chi connectivity index (χ3v) is 11.1. The summed E-state index contributed by atoms with van der Waals surface area (Å²) in [4.78, 5) is 25.0. The molecule has 250 valence electrons. The number of hydrogen-bond acceptors (Lipinski definition) is 11. The third kappa shape index (κ3) is 4.88. The number of amides is 1. The van der Waals surface area contributed by atoms with Gasteiger partial charge in [0.1, 0.15) is 41.6 Å². The summed E-state index contributed by atoms with van der Waals surface area (Å²) in [5.41, 5.74) is 4.18. The number of morpholine rings is 1. The minimum Gasteiger partial charge on any atom is -0.491 e. The summed E-state index contributed by atoms with van der Waals surface area (Å²) in [5, 5.41) is 9.89. The van der Waals surface area contributed by atoms with Gasteiger partial charge < -0.3 is 29.6 Å². The van der Waals surface area contributed by atoms with E-state index in [1.54, 1.807) is 0 Å². The van der Waals surface area contributed by atoms with E-state index >= 15 is 8.78 Å². The molecule has 0 saturated carbocycles. The molecule has 0 bridgehead atoms. The van der Waals surface area contributed by atoms with Gasteiger partial charge in [-0.25, -0.2) is 18.0 Å². The molecule has 0 unspecified atom stereocenters. The first-order chi connectivity index (χ1) is 23.2. The first-order valence-corrected chi connectivity index (χ1v) is 16.7. The van der Waals surface area contributed by atoms with Crippen molar-refractivity contribution < 1.29 is 36.9 Å². The van der Waals surface area contributed by atoms with Crippen LogP contribution in [-0.2, 0) is 4.74 Å². The predicted octanol–water partition coefficient (Wildman–Crippen LogP) is 5.72. The Hall–Kier alpha value is -4.10. The van der Waals surface area contributed by atoms with E-state index in [0.29, 0.717) is 56.3 Å². The number of anilines is 1. The molecule has 48 heavy (non-hydrogen) atoms. The number of alkyl halides is 1. The molecule has 8 rings (SSSR count). The van der Waals surface area contributed by atoms with Crippen molar-refractivity contribution in [3.8, 4) is 34.0 Å². The van der Waals surface area contributed by atoms with Crippen LogP contribution in [0.4, 0.5) is 23.8 Å². The van der Waals surface area contributed by atoms with E-state index in [9.17, 15) is 14.4 Å². The Morgan fingerprint density at radius 1 is 1.25 bits per heavy atom.